The van der Waals surface area contributed by atoms with Gasteiger partial charge in [-0.3, -0.25) is 4.79 Å². The van der Waals surface area contributed by atoms with Crippen LogP contribution in [0.2, 0.25) is 0 Å². The molecule has 0 heterocycles. The third-order valence-corrected chi connectivity index (χ3v) is 7.19. The third-order valence-electron chi connectivity index (χ3n) is 7.19. The largest absolute Gasteiger partial charge is 0.481 e. The third kappa shape index (κ3) is 6.20. The Balaban J connectivity index is 1.88. The second-order valence-electron chi connectivity index (χ2n) is 9.37. The van der Waals surface area contributed by atoms with Crippen molar-refractivity contribution in [3.63, 3.8) is 0 Å². The maximum absolute atomic E-state index is 10.6. The van der Waals surface area contributed by atoms with Crippen LogP contribution in [0.4, 0.5) is 0 Å². The van der Waals surface area contributed by atoms with Crippen LogP contribution >= 0.6 is 0 Å². The van der Waals surface area contributed by atoms with Gasteiger partial charge in [0.15, 0.2) is 0 Å². The number of aliphatic hydroxyl groups is 1. The summed E-state index contributed by atoms with van der Waals surface area (Å²) in [5, 5.41) is 19.0. The summed E-state index contributed by atoms with van der Waals surface area (Å²) >= 11 is 0. The first-order valence-electron chi connectivity index (χ1n) is 11.1. The lowest BCUT2D eigenvalue weighted by atomic mass is 9.43. The van der Waals surface area contributed by atoms with Gasteiger partial charge in [0.25, 0.3) is 0 Å². The summed E-state index contributed by atoms with van der Waals surface area (Å²) in [7, 11) is 0. The predicted molar refractivity (Wildman–Crippen MR) is 112 cm³/mol. The molecular formula is C24H40O3. The lowest BCUT2D eigenvalue weighted by Gasteiger charge is -2.62. The van der Waals surface area contributed by atoms with Gasteiger partial charge in [0.2, 0.25) is 0 Å². The van der Waals surface area contributed by atoms with Crippen LogP contribution in [-0.4, -0.2) is 22.3 Å². The number of allylic oxidation sites excluding steroid dienone is 3. The van der Waals surface area contributed by atoms with Crippen LogP contribution in [0.1, 0.15) is 85.0 Å². The molecule has 27 heavy (non-hydrogen) atoms. The van der Waals surface area contributed by atoms with Gasteiger partial charge in [-0.05, 0) is 67.6 Å². The van der Waals surface area contributed by atoms with Gasteiger partial charge in [-0.25, -0.2) is 0 Å². The van der Waals surface area contributed by atoms with E-state index in [1.54, 1.807) is 0 Å². The summed E-state index contributed by atoms with van der Waals surface area (Å²) in [5.41, 5.74) is 0.450. The lowest BCUT2D eigenvalue weighted by Crippen LogP contribution is -2.55. The number of fused-ring (bicyclic) bond motifs is 2. The zero-order valence-corrected chi connectivity index (χ0v) is 17.6. The average molecular weight is 377 g/mol. The van der Waals surface area contributed by atoms with Gasteiger partial charge in [0.1, 0.15) is 0 Å². The number of rotatable bonds is 12. The van der Waals surface area contributed by atoms with Gasteiger partial charge in [-0.1, -0.05) is 64.3 Å². The molecular weight excluding hydrogens is 336 g/mol. The maximum atomic E-state index is 10.6. The van der Waals surface area contributed by atoms with Crippen molar-refractivity contribution in [3.05, 3.63) is 24.3 Å². The summed E-state index contributed by atoms with van der Waals surface area (Å²) in [5.74, 6) is 2.11. The molecule has 3 nitrogen and oxygen atoms in total. The standard InChI is InChI=1S/C24H40O3/c1-4-5-8-11-20(25)15-14-18-16-19-17-22(24(19,2)3)21(18)12-9-6-7-10-13-23(26)27/h6,9,14-15,18-22,25H,4-5,7-8,10-13,16-17H2,1-3H3,(H,26,27). The number of unbranched alkanes of at least 4 members (excludes halogenated alkanes) is 3. The average Bonchev–Trinajstić information content (AvgIpc) is 2.62. The Kier molecular flexibility index (Phi) is 8.60. The highest BCUT2D eigenvalue weighted by molar-refractivity contribution is 5.66. The molecule has 3 heteroatoms. The van der Waals surface area contributed by atoms with Crippen LogP contribution in [0.25, 0.3) is 0 Å². The molecule has 0 aromatic carbocycles. The second kappa shape index (κ2) is 10.5. The summed E-state index contributed by atoms with van der Waals surface area (Å²) in [4.78, 5) is 10.6. The van der Waals surface area contributed by atoms with Crippen molar-refractivity contribution in [3.8, 4) is 0 Å². The zero-order valence-electron chi connectivity index (χ0n) is 17.6. The molecule has 5 unspecified atom stereocenters. The van der Waals surface area contributed by atoms with E-state index in [-0.39, 0.29) is 12.5 Å². The van der Waals surface area contributed by atoms with Gasteiger partial charge >= 0.3 is 5.97 Å². The molecule has 2 bridgehead atoms. The highest BCUT2D eigenvalue weighted by Gasteiger charge is 2.56. The van der Waals surface area contributed by atoms with Crippen molar-refractivity contribution >= 4 is 5.97 Å². The Morgan fingerprint density at radius 3 is 2.63 bits per heavy atom. The molecule has 0 aliphatic heterocycles. The molecule has 3 rings (SSSR count). The molecule has 0 saturated heterocycles. The van der Waals surface area contributed by atoms with Crippen molar-refractivity contribution in [2.75, 3.05) is 0 Å². The number of carboxylic acid groups (broad SMARTS) is 1. The van der Waals surface area contributed by atoms with Gasteiger partial charge in [-0.15, -0.1) is 0 Å². The van der Waals surface area contributed by atoms with Crippen LogP contribution in [0, 0.1) is 29.1 Å². The fourth-order valence-electron chi connectivity index (χ4n) is 5.26. The Hall–Kier alpha value is -1.09. The highest BCUT2D eigenvalue weighted by atomic mass is 16.4. The molecule has 0 spiro atoms. The van der Waals surface area contributed by atoms with Gasteiger partial charge in [0, 0.05) is 6.42 Å². The van der Waals surface area contributed by atoms with E-state index in [1.165, 1.54) is 25.7 Å². The van der Waals surface area contributed by atoms with E-state index in [1.807, 2.05) is 0 Å². The zero-order chi connectivity index (χ0) is 19.9. The maximum Gasteiger partial charge on any atom is 0.303 e. The van der Waals surface area contributed by atoms with Crippen LogP contribution in [0.5, 0.6) is 0 Å². The van der Waals surface area contributed by atoms with E-state index < -0.39 is 5.97 Å². The van der Waals surface area contributed by atoms with Crippen molar-refractivity contribution in [2.24, 2.45) is 29.1 Å². The van der Waals surface area contributed by atoms with Gasteiger partial charge in [0.05, 0.1) is 6.10 Å². The number of aliphatic hydroxyl groups excluding tert-OH is 1. The number of hydrogen-bond donors (Lipinski definition) is 2. The van der Waals surface area contributed by atoms with E-state index in [0.29, 0.717) is 17.3 Å². The molecule has 5 atom stereocenters. The molecule has 0 aromatic rings. The molecule has 3 aliphatic carbocycles. The Morgan fingerprint density at radius 2 is 1.96 bits per heavy atom. The van der Waals surface area contributed by atoms with E-state index >= 15 is 0 Å². The minimum atomic E-state index is -0.708. The van der Waals surface area contributed by atoms with E-state index in [4.69, 9.17) is 5.11 Å². The predicted octanol–water partition coefficient (Wildman–Crippen LogP) is 5.98. The Bertz CT molecular complexity index is 520. The molecule has 0 amide bonds. The van der Waals surface area contributed by atoms with E-state index in [0.717, 1.165) is 43.9 Å². The normalized spacial score (nSPS) is 30.5. The lowest BCUT2D eigenvalue weighted by molar-refractivity contribution is -0.137. The highest BCUT2D eigenvalue weighted by Crippen LogP contribution is 2.64. The molecule has 3 fully saturated rings. The number of carbonyl (C=O) groups is 1. The molecule has 2 N–H and O–H groups in total. The first-order chi connectivity index (χ1) is 12.9. The number of aliphatic carboxylic acids is 1. The van der Waals surface area contributed by atoms with Crippen molar-refractivity contribution in [2.45, 2.75) is 91.1 Å². The molecule has 0 aromatic heterocycles. The minimum absolute atomic E-state index is 0.256. The smallest absolute Gasteiger partial charge is 0.303 e. The van der Waals surface area contributed by atoms with E-state index in [9.17, 15) is 9.90 Å². The summed E-state index contributed by atoms with van der Waals surface area (Å²) in [6, 6.07) is 0. The molecule has 0 radical (unpaired) electrons. The Labute approximate surface area is 165 Å². The molecule has 3 aliphatic rings. The van der Waals surface area contributed by atoms with Crippen LogP contribution in [-0.2, 0) is 4.79 Å². The SMILES string of the molecule is CCCCCC(O)C=CC1CC2CC(C1CC=CCCCC(=O)O)C2(C)C. The van der Waals surface area contributed by atoms with Crippen LogP contribution in [0.3, 0.4) is 0 Å². The molecule has 154 valence electrons. The van der Waals surface area contributed by atoms with Crippen LogP contribution < -0.4 is 0 Å². The van der Waals surface area contributed by atoms with E-state index in [2.05, 4.69) is 45.1 Å². The topological polar surface area (TPSA) is 57.5 Å². The fourth-order valence-corrected chi connectivity index (χ4v) is 5.26. The summed E-state index contributed by atoms with van der Waals surface area (Å²) in [6.07, 6.45) is 18.4. The minimum Gasteiger partial charge on any atom is -0.481 e. The summed E-state index contributed by atoms with van der Waals surface area (Å²) < 4.78 is 0. The van der Waals surface area contributed by atoms with Crippen molar-refractivity contribution < 1.29 is 15.0 Å². The summed E-state index contributed by atoms with van der Waals surface area (Å²) in [6.45, 7) is 7.04. The van der Waals surface area contributed by atoms with Crippen molar-refractivity contribution in [1.29, 1.82) is 0 Å². The first kappa shape index (κ1) is 22.2. The first-order valence-corrected chi connectivity index (χ1v) is 11.1. The second-order valence-corrected chi connectivity index (χ2v) is 9.37. The van der Waals surface area contributed by atoms with Gasteiger partial charge in [-0.2, -0.15) is 0 Å². The van der Waals surface area contributed by atoms with Gasteiger partial charge < -0.3 is 10.2 Å². The van der Waals surface area contributed by atoms with Crippen LogP contribution in [0.15, 0.2) is 24.3 Å². The monoisotopic (exact) mass is 376 g/mol. The quantitative estimate of drug-likeness (QED) is 0.325. The fraction of sp³-hybridized carbons (Fsp3) is 0.792. The number of hydrogen-bond acceptors (Lipinski definition) is 2. The molecule has 3 saturated carbocycles. The Morgan fingerprint density at radius 1 is 1.19 bits per heavy atom. The number of carboxylic acids is 1. The van der Waals surface area contributed by atoms with Crippen molar-refractivity contribution in [1.82, 2.24) is 0 Å².